The molecule has 0 aromatic heterocycles. The Hall–Kier alpha value is -1.75. The maximum atomic E-state index is 13.4. The summed E-state index contributed by atoms with van der Waals surface area (Å²) in [6, 6.07) is 3.63. The van der Waals surface area contributed by atoms with Gasteiger partial charge in [0.2, 0.25) is 5.91 Å². The van der Waals surface area contributed by atoms with Crippen LogP contribution in [0.2, 0.25) is 0 Å². The Morgan fingerprint density at radius 2 is 1.92 bits per heavy atom. The zero-order valence-electron chi connectivity index (χ0n) is 14.2. The number of carbonyl (C=O) groups is 1. The van der Waals surface area contributed by atoms with Gasteiger partial charge in [-0.3, -0.25) is 4.79 Å². The van der Waals surface area contributed by atoms with Crippen molar-refractivity contribution in [1.82, 2.24) is 10.2 Å². The quantitative estimate of drug-likeness (QED) is 0.609. The van der Waals surface area contributed by atoms with Crippen LogP contribution < -0.4 is 5.32 Å². The topological polar surface area (TPSA) is 32.3 Å². The third-order valence-corrected chi connectivity index (χ3v) is 4.48. The van der Waals surface area contributed by atoms with E-state index in [9.17, 15) is 13.6 Å². The number of rotatable bonds is 7. The van der Waals surface area contributed by atoms with E-state index in [2.05, 4.69) is 17.1 Å². The molecule has 1 heterocycles. The molecule has 1 aliphatic heterocycles. The van der Waals surface area contributed by atoms with E-state index in [1.807, 2.05) is 0 Å². The maximum Gasteiger partial charge on any atom is 0.244 e. The zero-order valence-corrected chi connectivity index (χ0v) is 14.2. The number of amides is 1. The van der Waals surface area contributed by atoms with Crippen molar-refractivity contribution in [2.24, 2.45) is 5.92 Å². The summed E-state index contributed by atoms with van der Waals surface area (Å²) in [4.78, 5) is 14.2. The summed E-state index contributed by atoms with van der Waals surface area (Å²) in [6.07, 6.45) is 6.84. The second-order valence-corrected chi connectivity index (χ2v) is 6.49. The Balaban J connectivity index is 1.62. The van der Waals surface area contributed by atoms with Crippen LogP contribution in [0.15, 0.2) is 24.3 Å². The molecule has 3 nitrogen and oxygen atoms in total. The highest BCUT2D eigenvalue weighted by Gasteiger charge is 2.14. The lowest BCUT2D eigenvalue weighted by atomic mass is 9.99. The highest BCUT2D eigenvalue weighted by Crippen LogP contribution is 2.16. The lowest BCUT2D eigenvalue weighted by molar-refractivity contribution is -0.116. The molecule has 0 unspecified atom stereocenters. The molecule has 1 N–H and O–H groups in total. The van der Waals surface area contributed by atoms with Crippen LogP contribution in [0.1, 0.15) is 38.2 Å². The fourth-order valence-electron chi connectivity index (χ4n) is 2.85. The summed E-state index contributed by atoms with van der Waals surface area (Å²) in [7, 11) is 0. The van der Waals surface area contributed by atoms with Crippen LogP contribution >= 0.6 is 0 Å². The number of unbranched alkanes of at least 4 members (excludes halogenated alkanes) is 1. The minimum Gasteiger partial charge on any atom is -0.353 e. The van der Waals surface area contributed by atoms with Gasteiger partial charge in [-0.25, -0.2) is 8.78 Å². The molecule has 132 valence electrons. The van der Waals surface area contributed by atoms with E-state index in [-0.39, 0.29) is 11.5 Å². The van der Waals surface area contributed by atoms with E-state index in [4.69, 9.17) is 0 Å². The van der Waals surface area contributed by atoms with Crippen LogP contribution in [0.5, 0.6) is 0 Å². The highest BCUT2D eigenvalue weighted by atomic mass is 19.1. The summed E-state index contributed by atoms with van der Waals surface area (Å²) < 4.78 is 26.9. The van der Waals surface area contributed by atoms with Gasteiger partial charge in [0, 0.05) is 18.2 Å². The zero-order chi connectivity index (χ0) is 17.4. The minimum absolute atomic E-state index is 0.188. The number of benzene rings is 1. The molecule has 1 fully saturated rings. The third kappa shape index (κ3) is 6.04. The first-order valence-corrected chi connectivity index (χ1v) is 8.68. The number of piperidine rings is 1. The van der Waals surface area contributed by atoms with Crippen LogP contribution in [-0.2, 0) is 4.79 Å². The summed E-state index contributed by atoms with van der Waals surface area (Å²) in [5.74, 6) is -0.833. The van der Waals surface area contributed by atoms with Gasteiger partial charge in [0.1, 0.15) is 11.6 Å². The fourth-order valence-corrected chi connectivity index (χ4v) is 2.85. The van der Waals surface area contributed by atoms with Gasteiger partial charge in [-0.15, -0.1) is 0 Å². The predicted octanol–water partition coefficient (Wildman–Crippen LogP) is 3.61. The number of nitrogens with zero attached hydrogens (tertiary/aromatic N) is 1. The summed E-state index contributed by atoms with van der Waals surface area (Å²) in [5.41, 5.74) is -0.188. The molecule has 1 aromatic rings. The van der Waals surface area contributed by atoms with Gasteiger partial charge in [0.25, 0.3) is 0 Å². The van der Waals surface area contributed by atoms with Crippen LogP contribution in [-0.4, -0.2) is 37.0 Å². The Kier molecular flexibility index (Phi) is 7.37. The molecule has 1 aliphatic rings. The Bertz CT molecular complexity index is 546. The predicted molar refractivity (Wildman–Crippen MR) is 92.5 cm³/mol. The van der Waals surface area contributed by atoms with Gasteiger partial charge < -0.3 is 10.2 Å². The van der Waals surface area contributed by atoms with E-state index in [0.717, 1.165) is 25.3 Å². The van der Waals surface area contributed by atoms with E-state index in [1.165, 1.54) is 56.3 Å². The number of hydrogen-bond acceptors (Lipinski definition) is 2. The SMILES string of the molecule is CC1CCN(CCCCNC(=O)/C=C/c2c(F)cccc2F)CC1. The maximum absolute atomic E-state index is 13.4. The molecule has 1 aromatic carbocycles. The van der Waals surface area contributed by atoms with E-state index < -0.39 is 11.6 Å². The molecule has 2 rings (SSSR count). The Labute approximate surface area is 142 Å². The number of likely N-dealkylation sites (tertiary alicyclic amines) is 1. The van der Waals surface area contributed by atoms with Crippen molar-refractivity contribution in [3.63, 3.8) is 0 Å². The molecule has 0 spiro atoms. The Morgan fingerprint density at radius 1 is 1.25 bits per heavy atom. The van der Waals surface area contributed by atoms with Crippen LogP contribution in [0.3, 0.4) is 0 Å². The van der Waals surface area contributed by atoms with Crippen LogP contribution in [0.4, 0.5) is 8.78 Å². The first-order chi connectivity index (χ1) is 11.6. The first-order valence-electron chi connectivity index (χ1n) is 8.68. The van der Waals surface area contributed by atoms with Gasteiger partial charge in [0.15, 0.2) is 0 Å². The van der Waals surface area contributed by atoms with Gasteiger partial charge in [0.05, 0.1) is 0 Å². The smallest absolute Gasteiger partial charge is 0.244 e. The molecular weight excluding hydrogens is 310 g/mol. The fraction of sp³-hybridized carbons (Fsp3) is 0.526. The van der Waals surface area contributed by atoms with Crippen molar-refractivity contribution in [3.8, 4) is 0 Å². The van der Waals surface area contributed by atoms with Gasteiger partial charge >= 0.3 is 0 Å². The van der Waals surface area contributed by atoms with Gasteiger partial charge in [-0.05, 0) is 69.4 Å². The lowest BCUT2D eigenvalue weighted by Gasteiger charge is -2.30. The van der Waals surface area contributed by atoms with Crippen molar-refractivity contribution < 1.29 is 13.6 Å². The van der Waals surface area contributed by atoms with Crippen molar-refractivity contribution in [3.05, 3.63) is 41.5 Å². The standard InChI is InChI=1S/C19H26F2N2O/c1-15-9-13-23(14-10-15)12-3-2-11-22-19(24)8-7-16-17(20)5-4-6-18(16)21/h4-8,15H,2-3,9-14H2,1H3,(H,22,24)/b8-7+. The van der Waals surface area contributed by atoms with Gasteiger partial charge in [-0.2, -0.15) is 0 Å². The lowest BCUT2D eigenvalue weighted by Crippen LogP contribution is -2.34. The second kappa shape index (κ2) is 9.52. The number of nitrogens with one attached hydrogen (secondary N) is 1. The minimum atomic E-state index is -0.671. The van der Waals surface area contributed by atoms with E-state index >= 15 is 0 Å². The van der Waals surface area contributed by atoms with E-state index in [0.29, 0.717) is 6.54 Å². The number of carbonyl (C=O) groups excluding carboxylic acids is 1. The van der Waals surface area contributed by atoms with Crippen molar-refractivity contribution in [2.45, 2.75) is 32.6 Å². The molecule has 1 saturated heterocycles. The first kappa shape index (κ1) is 18.6. The molecule has 0 saturated carbocycles. The summed E-state index contributed by atoms with van der Waals surface area (Å²) >= 11 is 0. The summed E-state index contributed by atoms with van der Waals surface area (Å²) in [6.45, 7) is 6.29. The van der Waals surface area contributed by atoms with Crippen molar-refractivity contribution >= 4 is 12.0 Å². The molecule has 0 atom stereocenters. The summed E-state index contributed by atoms with van der Waals surface area (Å²) in [5, 5.41) is 2.75. The average molecular weight is 336 g/mol. The normalized spacial score (nSPS) is 16.6. The van der Waals surface area contributed by atoms with Crippen molar-refractivity contribution in [2.75, 3.05) is 26.2 Å². The molecule has 0 radical (unpaired) electrons. The van der Waals surface area contributed by atoms with Gasteiger partial charge in [-0.1, -0.05) is 13.0 Å². The second-order valence-electron chi connectivity index (χ2n) is 6.49. The monoisotopic (exact) mass is 336 g/mol. The molecule has 0 bridgehead atoms. The molecular formula is C19H26F2N2O. The van der Waals surface area contributed by atoms with Crippen LogP contribution in [0, 0.1) is 17.6 Å². The van der Waals surface area contributed by atoms with Crippen LogP contribution in [0.25, 0.3) is 6.08 Å². The third-order valence-electron chi connectivity index (χ3n) is 4.48. The van der Waals surface area contributed by atoms with E-state index in [1.54, 1.807) is 0 Å². The molecule has 5 heteroatoms. The molecule has 1 amide bonds. The number of halogens is 2. The average Bonchev–Trinajstić information content (AvgIpc) is 2.56. The Morgan fingerprint density at radius 3 is 2.58 bits per heavy atom. The van der Waals surface area contributed by atoms with Crippen molar-refractivity contribution in [1.29, 1.82) is 0 Å². The molecule has 0 aliphatic carbocycles. The number of hydrogen-bond donors (Lipinski definition) is 1. The largest absolute Gasteiger partial charge is 0.353 e. The molecule has 24 heavy (non-hydrogen) atoms. The highest BCUT2D eigenvalue weighted by molar-refractivity contribution is 5.91.